The summed E-state index contributed by atoms with van der Waals surface area (Å²) in [5, 5.41) is 18.9. The van der Waals surface area contributed by atoms with Crippen molar-refractivity contribution in [2.45, 2.75) is 53.4 Å². The Labute approximate surface area is 153 Å². The largest absolute Gasteiger partial charge is 0.508 e. The molecule has 0 bridgehead atoms. The lowest BCUT2D eigenvalue weighted by Gasteiger charge is -2.07. The third-order valence-corrected chi connectivity index (χ3v) is 3.62. The first-order chi connectivity index (χ1) is 11.6. The minimum Gasteiger partial charge on any atom is -0.508 e. The first kappa shape index (κ1) is 23.0. The predicted molar refractivity (Wildman–Crippen MR) is 107 cm³/mol. The van der Waals surface area contributed by atoms with Crippen LogP contribution in [0.4, 0.5) is 0 Å². The number of phenolic OH excluding ortho intramolecular Hbond substituents is 2. The zero-order valence-electron chi connectivity index (χ0n) is 16.9. The van der Waals surface area contributed by atoms with E-state index in [0.717, 1.165) is 22.3 Å². The first-order valence-electron chi connectivity index (χ1n) is 8.63. The van der Waals surface area contributed by atoms with Gasteiger partial charge in [-0.2, -0.15) is 0 Å². The van der Waals surface area contributed by atoms with Crippen molar-refractivity contribution in [3.8, 4) is 11.5 Å². The molecule has 3 heteroatoms. The average molecular weight is 347 g/mol. The van der Waals surface area contributed by atoms with Crippen molar-refractivity contribution >= 4 is 0 Å². The van der Waals surface area contributed by atoms with Gasteiger partial charge in [-0.25, -0.2) is 0 Å². The van der Waals surface area contributed by atoms with Crippen molar-refractivity contribution in [3.63, 3.8) is 0 Å². The van der Waals surface area contributed by atoms with Crippen molar-refractivity contribution < 1.29 is 14.9 Å². The molecule has 3 nitrogen and oxygen atoms in total. The monoisotopic (exact) mass is 346 g/mol. The number of aromatic hydroxyl groups is 2. The summed E-state index contributed by atoms with van der Waals surface area (Å²) in [5.74, 6) is 1.63. The van der Waals surface area contributed by atoms with E-state index in [-0.39, 0.29) is 0 Å². The van der Waals surface area contributed by atoms with Crippen LogP contribution in [-0.4, -0.2) is 24.4 Å². The fraction of sp³-hybridized carbons (Fsp3) is 0.455. The van der Waals surface area contributed by atoms with Gasteiger partial charge in [0.05, 0.1) is 0 Å². The predicted octanol–water partition coefficient (Wildman–Crippen LogP) is 5.91. The highest BCUT2D eigenvalue weighted by Crippen LogP contribution is 2.26. The average Bonchev–Trinajstić information content (AvgIpc) is 2.47. The summed E-state index contributed by atoms with van der Waals surface area (Å²) in [4.78, 5) is 0. The lowest BCUT2D eigenvalue weighted by molar-refractivity contribution is 0.277. The second-order valence-electron chi connectivity index (χ2n) is 6.84. The highest BCUT2D eigenvalue weighted by atomic mass is 16.4. The van der Waals surface area contributed by atoms with Crippen LogP contribution in [-0.2, 0) is 4.74 Å². The van der Waals surface area contributed by atoms with Gasteiger partial charge >= 0.3 is 0 Å². The molecule has 2 aromatic carbocycles. The Morgan fingerprint density at radius 3 is 1.16 bits per heavy atom. The number of hydrogen-bond acceptors (Lipinski definition) is 3. The number of methoxy groups -OCH3 is 1. The van der Waals surface area contributed by atoms with Gasteiger partial charge in [0.2, 0.25) is 0 Å². The van der Waals surface area contributed by atoms with E-state index in [1.807, 2.05) is 38.1 Å². The number of rotatable bonds is 2. The SMILES string of the molecule is COC.Cc1ccc(C(C)C)c(O)c1.Cc1ccc(C(C)C)c(O)c1. The van der Waals surface area contributed by atoms with E-state index in [2.05, 4.69) is 32.4 Å². The molecule has 0 heterocycles. The zero-order valence-corrected chi connectivity index (χ0v) is 16.9. The van der Waals surface area contributed by atoms with Crippen LogP contribution in [0.15, 0.2) is 36.4 Å². The van der Waals surface area contributed by atoms with Gasteiger partial charge in [0.25, 0.3) is 0 Å². The topological polar surface area (TPSA) is 49.7 Å². The summed E-state index contributed by atoms with van der Waals surface area (Å²) >= 11 is 0. The van der Waals surface area contributed by atoms with Crippen LogP contribution >= 0.6 is 0 Å². The van der Waals surface area contributed by atoms with E-state index >= 15 is 0 Å². The molecule has 0 aliphatic rings. The number of benzene rings is 2. The van der Waals surface area contributed by atoms with E-state index in [9.17, 15) is 10.2 Å². The molecule has 2 N–H and O–H groups in total. The highest BCUT2D eigenvalue weighted by molar-refractivity contribution is 5.38. The molecule has 140 valence electrons. The van der Waals surface area contributed by atoms with Crippen LogP contribution in [0.2, 0.25) is 0 Å². The second kappa shape index (κ2) is 11.5. The van der Waals surface area contributed by atoms with Crippen molar-refractivity contribution in [2.24, 2.45) is 0 Å². The molecule has 0 saturated heterocycles. The number of phenols is 2. The van der Waals surface area contributed by atoms with Gasteiger partial charge in [0.15, 0.2) is 0 Å². The third kappa shape index (κ3) is 8.59. The van der Waals surface area contributed by atoms with Gasteiger partial charge in [0.1, 0.15) is 11.5 Å². The molecular formula is C22H34O3. The van der Waals surface area contributed by atoms with Crippen LogP contribution in [0.25, 0.3) is 0 Å². The van der Waals surface area contributed by atoms with E-state index in [4.69, 9.17) is 0 Å². The summed E-state index contributed by atoms with van der Waals surface area (Å²) in [6.07, 6.45) is 0. The molecule has 0 radical (unpaired) electrons. The Hall–Kier alpha value is -2.00. The van der Waals surface area contributed by atoms with Gasteiger partial charge in [-0.05, 0) is 60.1 Å². The van der Waals surface area contributed by atoms with Crippen LogP contribution < -0.4 is 0 Å². The second-order valence-corrected chi connectivity index (χ2v) is 6.84. The Bertz CT molecular complexity index is 576. The van der Waals surface area contributed by atoms with Crippen LogP contribution in [0.1, 0.15) is 61.8 Å². The van der Waals surface area contributed by atoms with Crippen molar-refractivity contribution in [1.82, 2.24) is 0 Å². The molecule has 0 spiro atoms. The van der Waals surface area contributed by atoms with Crippen LogP contribution in [0.5, 0.6) is 11.5 Å². The quantitative estimate of drug-likeness (QED) is 0.710. The highest BCUT2D eigenvalue weighted by Gasteiger charge is 2.04. The molecule has 0 aliphatic carbocycles. The van der Waals surface area contributed by atoms with E-state index in [1.165, 1.54) is 0 Å². The van der Waals surface area contributed by atoms with Crippen molar-refractivity contribution in [3.05, 3.63) is 58.7 Å². The molecule has 0 fully saturated rings. The molecule has 0 amide bonds. The maximum absolute atomic E-state index is 9.46. The zero-order chi connectivity index (χ0) is 19.6. The summed E-state index contributed by atoms with van der Waals surface area (Å²) in [6.45, 7) is 12.2. The molecule has 0 aliphatic heterocycles. The van der Waals surface area contributed by atoms with Gasteiger partial charge < -0.3 is 14.9 Å². The molecule has 0 atom stereocenters. The van der Waals surface area contributed by atoms with Gasteiger partial charge in [-0.3, -0.25) is 0 Å². The standard InChI is InChI=1S/2C10H14O.C2H6O/c2*1-7(2)9-5-4-8(3)6-10(9)11;1-3-2/h2*4-7,11H,1-3H3;1-2H3. The molecule has 0 saturated carbocycles. The molecule has 25 heavy (non-hydrogen) atoms. The van der Waals surface area contributed by atoms with Gasteiger partial charge in [-0.15, -0.1) is 0 Å². The van der Waals surface area contributed by atoms with E-state index in [0.29, 0.717) is 23.3 Å². The molecular weight excluding hydrogens is 312 g/mol. The van der Waals surface area contributed by atoms with Gasteiger partial charge in [0, 0.05) is 14.2 Å². The van der Waals surface area contributed by atoms with Gasteiger partial charge in [-0.1, -0.05) is 52.0 Å². The van der Waals surface area contributed by atoms with Crippen molar-refractivity contribution in [2.75, 3.05) is 14.2 Å². The lowest BCUT2D eigenvalue weighted by atomic mass is 10.0. The summed E-state index contributed by atoms with van der Waals surface area (Å²) in [6, 6.07) is 11.6. The van der Waals surface area contributed by atoms with Crippen LogP contribution in [0, 0.1) is 13.8 Å². The summed E-state index contributed by atoms with van der Waals surface area (Å²) in [7, 11) is 3.25. The fourth-order valence-electron chi connectivity index (χ4n) is 2.28. The summed E-state index contributed by atoms with van der Waals surface area (Å²) in [5.41, 5.74) is 4.25. The Balaban J connectivity index is 0.000000399. The maximum atomic E-state index is 9.46. The lowest BCUT2D eigenvalue weighted by Crippen LogP contribution is -1.87. The first-order valence-corrected chi connectivity index (χ1v) is 8.63. The Morgan fingerprint density at radius 1 is 0.680 bits per heavy atom. The van der Waals surface area contributed by atoms with E-state index < -0.39 is 0 Å². The minimum atomic E-state index is 0.399. The smallest absolute Gasteiger partial charge is 0.119 e. The Kier molecular flexibility index (Phi) is 10.6. The molecule has 2 aromatic rings. The van der Waals surface area contributed by atoms with Crippen LogP contribution in [0.3, 0.4) is 0 Å². The third-order valence-electron chi connectivity index (χ3n) is 3.62. The normalized spacial score (nSPS) is 10.0. The number of ether oxygens (including phenoxy) is 1. The fourth-order valence-corrected chi connectivity index (χ4v) is 2.28. The summed E-state index contributed by atoms with van der Waals surface area (Å²) < 4.78 is 4.25. The van der Waals surface area contributed by atoms with E-state index in [1.54, 1.807) is 26.4 Å². The molecule has 0 unspecified atom stereocenters. The number of aryl methyl sites for hydroxylation is 2. The van der Waals surface area contributed by atoms with Crippen molar-refractivity contribution in [1.29, 1.82) is 0 Å². The Morgan fingerprint density at radius 2 is 0.960 bits per heavy atom. The molecule has 0 aromatic heterocycles. The minimum absolute atomic E-state index is 0.399. The number of hydrogen-bond donors (Lipinski definition) is 2. The molecule has 2 rings (SSSR count). The maximum Gasteiger partial charge on any atom is 0.119 e.